The van der Waals surface area contributed by atoms with Gasteiger partial charge in [0.1, 0.15) is 5.75 Å². The van der Waals surface area contributed by atoms with E-state index in [0.29, 0.717) is 5.75 Å². The molecule has 0 bridgehead atoms. The van der Waals surface area contributed by atoms with Crippen LogP contribution in [-0.4, -0.2) is 5.11 Å². The molecule has 0 unspecified atom stereocenters. The summed E-state index contributed by atoms with van der Waals surface area (Å²) in [5, 5.41) is 9.86. The van der Waals surface area contributed by atoms with Gasteiger partial charge in [0.2, 0.25) is 0 Å². The van der Waals surface area contributed by atoms with Gasteiger partial charge in [-0.2, -0.15) is 0 Å². The highest BCUT2D eigenvalue weighted by Gasteiger charge is 2.22. The Morgan fingerprint density at radius 2 is 1.71 bits per heavy atom. The van der Waals surface area contributed by atoms with E-state index >= 15 is 0 Å². The minimum atomic E-state index is 0.441. The molecule has 1 nitrogen and oxygen atoms in total. The predicted octanol–water partition coefficient (Wildman–Crippen LogP) is 4.01. The highest BCUT2D eigenvalue weighted by molar-refractivity contribution is 5.65. The summed E-state index contributed by atoms with van der Waals surface area (Å²) in [5.74, 6) is 1.24. The molecule has 1 aliphatic rings. The molecule has 0 aromatic heterocycles. The van der Waals surface area contributed by atoms with Crippen LogP contribution in [0, 0.1) is 5.92 Å². The van der Waals surface area contributed by atoms with Gasteiger partial charge in [-0.15, -0.1) is 0 Å². The summed E-state index contributed by atoms with van der Waals surface area (Å²) in [6, 6.07) is 16.3. The fourth-order valence-corrected chi connectivity index (χ4v) is 2.19. The first kappa shape index (κ1) is 10.4. The molecule has 1 heteroatoms. The van der Waals surface area contributed by atoms with E-state index in [4.69, 9.17) is 0 Å². The van der Waals surface area contributed by atoms with Crippen molar-refractivity contribution in [3.05, 3.63) is 54.1 Å². The van der Waals surface area contributed by atoms with E-state index in [1.54, 1.807) is 0 Å². The van der Waals surface area contributed by atoms with Crippen molar-refractivity contribution in [1.29, 1.82) is 0 Å². The smallest absolute Gasteiger partial charge is 0.118 e. The minimum absolute atomic E-state index is 0.441. The Morgan fingerprint density at radius 3 is 2.41 bits per heavy atom. The summed E-state index contributed by atoms with van der Waals surface area (Å²) in [4.78, 5) is 0. The lowest BCUT2D eigenvalue weighted by Crippen LogP contribution is -1.89. The maximum absolute atomic E-state index is 9.86. The van der Waals surface area contributed by atoms with Crippen LogP contribution in [0.15, 0.2) is 48.5 Å². The Morgan fingerprint density at radius 1 is 0.941 bits per heavy atom. The number of hydrogen-bond donors (Lipinski definition) is 1. The lowest BCUT2D eigenvalue weighted by Gasteiger charge is -2.07. The van der Waals surface area contributed by atoms with E-state index in [2.05, 4.69) is 18.2 Å². The van der Waals surface area contributed by atoms with Crippen molar-refractivity contribution in [2.45, 2.75) is 19.3 Å². The zero-order valence-corrected chi connectivity index (χ0v) is 9.76. The van der Waals surface area contributed by atoms with Crippen molar-refractivity contribution in [3.8, 4) is 16.9 Å². The molecule has 1 fully saturated rings. The average molecular weight is 224 g/mol. The van der Waals surface area contributed by atoms with Crippen LogP contribution in [0.25, 0.3) is 11.1 Å². The number of phenols is 1. The quantitative estimate of drug-likeness (QED) is 0.835. The van der Waals surface area contributed by atoms with Crippen molar-refractivity contribution in [2.24, 2.45) is 5.92 Å². The van der Waals surface area contributed by atoms with Gasteiger partial charge < -0.3 is 5.11 Å². The Bertz CT molecular complexity index is 512. The van der Waals surface area contributed by atoms with E-state index in [1.807, 2.05) is 30.3 Å². The summed E-state index contributed by atoms with van der Waals surface area (Å²) >= 11 is 0. The van der Waals surface area contributed by atoms with Gasteiger partial charge in [-0.3, -0.25) is 0 Å². The Hall–Kier alpha value is -1.76. The van der Waals surface area contributed by atoms with Gasteiger partial charge in [0.15, 0.2) is 0 Å². The van der Waals surface area contributed by atoms with E-state index in [9.17, 15) is 5.11 Å². The molecule has 0 spiro atoms. The normalized spacial score (nSPS) is 14.8. The molecule has 3 rings (SSSR count). The molecule has 1 N–H and O–H groups in total. The number of hydrogen-bond acceptors (Lipinski definition) is 1. The Kier molecular flexibility index (Phi) is 2.60. The maximum Gasteiger partial charge on any atom is 0.118 e. The van der Waals surface area contributed by atoms with Gasteiger partial charge in [0, 0.05) is 0 Å². The predicted molar refractivity (Wildman–Crippen MR) is 70.0 cm³/mol. The van der Waals surface area contributed by atoms with Crippen LogP contribution in [0.4, 0.5) is 0 Å². The van der Waals surface area contributed by atoms with Gasteiger partial charge in [-0.25, -0.2) is 0 Å². The molecular weight excluding hydrogens is 208 g/mol. The molecule has 17 heavy (non-hydrogen) atoms. The van der Waals surface area contributed by atoms with Gasteiger partial charge in [-0.1, -0.05) is 36.4 Å². The van der Waals surface area contributed by atoms with E-state index in [-0.39, 0.29) is 0 Å². The third-order valence-corrected chi connectivity index (χ3v) is 3.39. The largest absolute Gasteiger partial charge is 0.508 e. The minimum Gasteiger partial charge on any atom is -0.508 e. The van der Waals surface area contributed by atoms with Crippen LogP contribution in [-0.2, 0) is 6.42 Å². The molecule has 0 aliphatic heterocycles. The molecule has 2 aromatic rings. The van der Waals surface area contributed by atoms with Crippen LogP contribution < -0.4 is 0 Å². The van der Waals surface area contributed by atoms with Gasteiger partial charge in [0.25, 0.3) is 0 Å². The van der Waals surface area contributed by atoms with Gasteiger partial charge >= 0.3 is 0 Å². The average Bonchev–Trinajstić information content (AvgIpc) is 3.17. The first-order valence-corrected chi connectivity index (χ1v) is 6.20. The summed E-state index contributed by atoms with van der Waals surface area (Å²) < 4.78 is 0. The molecule has 0 heterocycles. The van der Waals surface area contributed by atoms with Crippen LogP contribution >= 0.6 is 0 Å². The van der Waals surface area contributed by atoms with Crippen LogP contribution in [0.3, 0.4) is 0 Å². The lowest BCUT2D eigenvalue weighted by molar-refractivity contribution is 0.466. The zero-order valence-electron chi connectivity index (χ0n) is 9.76. The van der Waals surface area contributed by atoms with Crippen molar-refractivity contribution >= 4 is 0 Å². The fraction of sp³-hybridized carbons (Fsp3) is 0.250. The Labute approximate surface area is 102 Å². The molecule has 1 aliphatic carbocycles. The summed E-state index contributed by atoms with van der Waals surface area (Å²) in [5.41, 5.74) is 3.50. The molecule has 0 saturated heterocycles. The number of phenolic OH excluding ortho intramolecular Hbond substituents is 1. The first-order chi connectivity index (χ1) is 8.33. The summed E-state index contributed by atoms with van der Waals surface area (Å²) in [6.07, 6.45) is 3.65. The molecule has 1 saturated carbocycles. The molecular formula is C16H16O. The number of aromatic hydroxyl groups is 1. The number of benzene rings is 2. The molecule has 0 atom stereocenters. The van der Waals surface area contributed by atoms with E-state index in [0.717, 1.165) is 17.9 Å². The summed E-state index contributed by atoms with van der Waals surface area (Å²) in [7, 11) is 0. The Balaban J connectivity index is 1.95. The second-order valence-corrected chi connectivity index (χ2v) is 4.86. The zero-order chi connectivity index (χ0) is 11.7. The van der Waals surface area contributed by atoms with Crippen molar-refractivity contribution in [2.75, 3.05) is 0 Å². The lowest BCUT2D eigenvalue weighted by atomic mass is 10.00. The highest BCUT2D eigenvalue weighted by Crippen LogP contribution is 2.36. The van der Waals surface area contributed by atoms with Crippen LogP contribution in [0.5, 0.6) is 5.75 Å². The highest BCUT2D eigenvalue weighted by atomic mass is 16.3. The molecule has 0 amide bonds. The molecule has 0 radical (unpaired) electrons. The van der Waals surface area contributed by atoms with Gasteiger partial charge in [-0.05, 0) is 54.0 Å². The fourth-order valence-electron chi connectivity index (χ4n) is 2.19. The second-order valence-electron chi connectivity index (χ2n) is 4.86. The second kappa shape index (κ2) is 4.25. The van der Waals surface area contributed by atoms with Crippen molar-refractivity contribution in [1.82, 2.24) is 0 Å². The van der Waals surface area contributed by atoms with Crippen LogP contribution in [0.2, 0.25) is 0 Å². The van der Waals surface area contributed by atoms with Crippen LogP contribution in [0.1, 0.15) is 18.4 Å². The van der Waals surface area contributed by atoms with Crippen molar-refractivity contribution in [3.63, 3.8) is 0 Å². The monoisotopic (exact) mass is 224 g/mol. The first-order valence-electron chi connectivity index (χ1n) is 6.20. The van der Waals surface area contributed by atoms with Gasteiger partial charge in [0.05, 0.1) is 0 Å². The number of rotatable bonds is 3. The summed E-state index contributed by atoms with van der Waals surface area (Å²) in [6.45, 7) is 0. The van der Waals surface area contributed by atoms with E-state index in [1.165, 1.54) is 24.0 Å². The standard InChI is InChI=1S/C16H16O/c17-16-9-8-14(13-4-2-1-3-5-13)11-15(16)10-12-6-7-12/h1-5,8-9,11-12,17H,6-7,10H2. The van der Waals surface area contributed by atoms with E-state index < -0.39 is 0 Å². The topological polar surface area (TPSA) is 20.2 Å². The third-order valence-electron chi connectivity index (χ3n) is 3.39. The maximum atomic E-state index is 9.86. The third kappa shape index (κ3) is 2.33. The molecule has 2 aromatic carbocycles. The molecule has 86 valence electrons. The van der Waals surface area contributed by atoms with Crippen molar-refractivity contribution < 1.29 is 5.11 Å². The SMILES string of the molecule is Oc1ccc(-c2ccccc2)cc1CC1CC1.